The number of likely N-dealkylation sites (N-methyl/N-ethyl adjacent to an activating group) is 1. The Balaban J connectivity index is 1.84. The minimum absolute atomic E-state index is 0.169. The van der Waals surface area contributed by atoms with Crippen LogP contribution in [0.1, 0.15) is 44.8 Å². The molecule has 1 aromatic carbocycles. The van der Waals surface area contributed by atoms with Crippen LogP contribution in [0.15, 0.2) is 18.2 Å². The van der Waals surface area contributed by atoms with Gasteiger partial charge in [-0.3, -0.25) is 0 Å². The molecular formula is C17H26N2O2. The van der Waals surface area contributed by atoms with Crippen molar-refractivity contribution >= 4 is 5.69 Å². The molecule has 0 radical (unpaired) electrons. The second-order valence-corrected chi connectivity index (χ2v) is 6.95. The quantitative estimate of drug-likeness (QED) is 0.878. The summed E-state index contributed by atoms with van der Waals surface area (Å²) >= 11 is 0. The predicted molar refractivity (Wildman–Crippen MR) is 85.0 cm³/mol. The standard InChI is InChI=1S/C17H26N2O2/c1-17(2)11-19(3)14-10-12(7-8-15(14)21-17)16(20)13-6-4-5-9-18-13/h7-8,10,13,16,18,20H,4-6,9,11H2,1-3H3. The van der Waals surface area contributed by atoms with E-state index >= 15 is 0 Å². The van der Waals surface area contributed by atoms with Crippen molar-refractivity contribution in [3.63, 3.8) is 0 Å². The fraction of sp³-hybridized carbons (Fsp3) is 0.647. The fourth-order valence-electron chi connectivity index (χ4n) is 3.47. The molecule has 0 bridgehead atoms. The third-order valence-electron chi connectivity index (χ3n) is 4.47. The highest BCUT2D eigenvalue weighted by Crippen LogP contribution is 2.38. The van der Waals surface area contributed by atoms with Crippen molar-refractivity contribution in [3.05, 3.63) is 23.8 Å². The van der Waals surface area contributed by atoms with Crippen molar-refractivity contribution in [2.45, 2.75) is 50.9 Å². The van der Waals surface area contributed by atoms with Crippen LogP contribution >= 0.6 is 0 Å². The smallest absolute Gasteiger partial charge is 0.143 e. The van der Waals surface area contributed by atoms with E-state index in [1.165, 1.54) is 12.8 Å². The number of fused-ring (bicyclic) bond motifs is 1. The zero-order valence-corrected chi connectivity index (χ0v) is 13.2. The summed E-state index contributed by atoms with van der Waals surface area (Å²) in [6.07, 6.45) is 2.99. The summed E-state index contributed by atoms with van der Waals surface area (Å²) in [6, 6.07) is 6.23. The molecule has 2 atom stereocenters. The van der Waals surface area contributed by atoms with E-state index in [9.17, 15) is 5.11 Å². The third kappa shape index (κ3) is 3.01. The lowest BCUT2D eigenvalue weighted by Crippen LogP contribution is -2.45. The summed E-state index contributed by atoms with van der Waals surface area (Å²) in [5, 5.41) is 14.0. The van der Waals surface area contributed by atoms with Gasteiger partial charge in [-0.05, 0) is 50.9 Å². The second-order valence-electron chi connectivity index (χ2n) is 6.95. The Hall–Kier alpha value is -1.26. The molecule has 0 amide bonds. The first-order chi connectivity index (χ1) is 9.96. The van der Waals surface area contributed by atoms with Gasteiger partial charge in [0.1, 0.15) is 11.4 Å². The first-order valence-electron chi connectivity index (χ1n) is 7.92. The molecule has 2 heterocycles. The fourth-order valence-corrected chi connectivity index (χ4v) is 3.47. The molecule has 1 saturated heterocycles. The summed E-state index contributed by atoms with van der Waals surface area (Å²) in [7, 11) is 2.08. The normalized spacial score (nSPS) is 25.9. The number of aliphatic hydroxyl groups is 1. The number of nitrogens with zero attached hydrogens (tertiary/aromatic N) is 1. The molecule has 3 rings (SSSR count). The van der Waals surface area contributed by atoms with Crippen LogP contribution in [0.2, 0.25) is 0 Å². The minimum Gasteiger partial charge on any atom is -0.484 e. The molecule has 0 saturated carbocycles. The monoisotopic (exact) mass is 290 g/mol. The maximum atomic E-state index is 10.6. The van der Waals surface area contributed by atoms with Gasteiger partial charge >= 0.3 is 0 Å². The van der Waals surface area contributed by atoms with Gasteiger partial charge in [-0.1, -0.05) is 12.5 Å². The van der Waals surface area contributed by atoms with Crippen molar-refractivity contribution < 1.29 is 9.84 Å². The first kappa shape index (κ1) is 14.7. The number of ether oxygens (including phenoxy) is 1. The van der Waals surface area contributed by atoms with E-state index in [0.717, 1.165) is 36.5 Å². The van der Waals surface area contributed by atoms with E-state index in [1.807, 2.05) is 12.1 Å². The van der Waals surface area contributed by atoms with E-state index in [0.29, 0.717) is 0 Å². The third-order valence-corrected chi connectivity index (χ3v) is 4.47. The van der Waals surface area contributed by atoms with Gasteiger partial charge in [0.15, 0.2) is 0 Å². The maximum absolute atomic E-state index is 10.6. The Morgan fingerprint density at radius 2 is 2.19 bits per heavy atom. The molecule has 0 aromatic heterocycles. The van der Waals surface area contributed by atoms with Crippen LogP contribution in [0.25, 0.3) is 0 Å². The van der Waals surface area contributed by atoms with Gasteiger partial charge in [-0.25, -0.2) is 0 Å². The maximum Gasteiger partial charge on any atom is 0.143 e. The molecule has 2 aliphatic rings. The van der Waals surface area contributed by atoms with Crippen LogP contribution in [0.4, 0.5) is 5.69 Å². The van der Waals surface area contributed by atoms with Gasteiger partial charge in [-0.2, -0.15) is 0 Å². The molecule has 2 N–H and O–H groups in total. The van der Waals surface area contributed by atoms with Gasteiger partial charge in [0.05, 0.1) is 18.3 Å². The predicted octanol–water partition coefficient (Wildman–Crippen LogP) is 2.47. The van der Waals surface area contributed by atoms with Crippen LogP contribution in [0, 0.1) is 0 Å². The van der Waals surface area contributed by atoms with Gasteiger partial charge in [0.25, 0.3) is 0 Å². The number of hydrogen-bond donors (Lipinski definition) is 2. The lowest BCUT2D eigenvalue weighted by molar-refractivity contribution is 0.105. The summed E-state index contributed by atoms with van der Waals surface area (Å²) in [4.78, 5) is 2.21. The topological polar surface area (TPSA) is 44.7 Å². The Bertz CT molecular complexity index is 510. The molecule has 21 heavy (non-hydrogen) atoms. The zero-order valence-electron chi connectivity index (χ0n) is 13.2. The average molecular weight is 290 g/mol. The zero-order chi connectivity index (χ0) is 15.0. The van der Waals surface area contributed by atoms with Crippen LogP contribution in [0.3, 0.4) is 0 Å². The Kier molecular flexibility index (Phi) is 3.84. The number of rotatable bonds is 2. The Morgan fingerprint density at radius 3 is 2.90 bits per heavy atom. The molecule has 1 aromatic rings. The highest BCUT2D eigenvalue weighted by molar-refractivity contribution is 5.62. The molecule has 0 spiro atoms. The van der Waals surface area contributed by atoms with Crippen LogP contribution in [-0.4, -0.2) is 36.9 Å². The van der Waals surface area contributed by atoms with E-state index in [2.05, 4.69) is 37.2 Å². The van der Waals surface area contributed by atoms with E-state index < -0.39 is 6.10 Å². The number of benzene rings is 1. The molecule has 4 heteroatoms. The number of piperidine rings is 1. The van der Waals surface area contributed by atoms with E-state index in [4.69, 9.17) is 4.74 Å². The summed E-state index contributed by atoms with van der Waals surface area (Å²) < 4.78 is 6.03. The van der Waals surface area contributed by atoms with Crippen LogP contribution < -0.4 is 15.0 Å². The van der Waals surface area contributed by atoms with E-state index in [-0.39, 0.29) is 11.6 Å². The molecular weight excluding hydrogens is 264 g/mol. The number of hydrogen-bond acceptors (Lipinski definition) is 4. The largest absolute Gasteiger partial charge is 0.484 e. The van der Waals surface area contributed by atoms with Crippen molar-refractivity contribution in [1.29, 1.82) is 0 Å². The average Bonchev–Trinajstić information content (AvgIpc) is 2.46. The minimum atomic E-state index is -0.445. The van der Waals surface area contributed by atoms with Crippen molar-refractivity contribution in [2.24, 2.45) is 0 Å². The molecule has 2 unspecified atom stereocenters. The van der Waals surface area contributed by atoms with Gasteiger partial charge in [-0.15, -0.1) is 0 Å². The van der Waals surface area contributed by atoms with Gasteiger partial charge in [0.2, 0.25) is 0 Å². The van der Waals surface area contributed by atoms with Gasteiger partial charge < -0.3 is 20.1 Å². The molecule has 2 aliphatic heterocycles. The van der Waals surface area contributed by atoms with E-state index in [1.54, 1.807) is 0 Å². The lowest BCUT2D eigenvalue weighted by Gasteiger charge is -2.39. The number of anilines is 1. The molecule has 116 valence electrons. The van der Waals surface area contributed by atoms with Crippen LogP contribution in [0.5, 0.6) is 5.75 Å². The molecule has 1 fully saturated rings. The summed E-state index contributed by atoms with van der Waals surface area (Å²) in [6.45, 7) is 6.05. The lowest BCUT2D eigenvalue weighted by atomic mass is 9.94. The SMILES string of the molecule is CN1CC(C)(C)Oc2ccc(C(O)C3CCCCN3)cc21. The number of nitrogens with one attached hydrogen (secondary N) is 1. The van der Waals surface area contributed by atoms with Crippen LogP contribution in [-0.2, 0) is 0 Å². The Morgan fingerprint density at radius 1 is 1.38 bits per heavy atom. The summed E-state index contributed by atoms with van der Waals surface area (Å²) in [5.74, 6) is 0.904. The first-order valence-corrected chi connectivity index (χ1v) is 7.92. The Labute approximate surface area is 127 Å². The molecule has 4 nitrogen and oxygen atoms in total. The van der Waals surface area contributed by atoms with Crippen molar-refractivity contribution in [3.8, 4) is 5.75 Å². The summed E-state index contributed by atoms with van der Waals surface area (Å²) in [5.41, 5.74) is 1.87. The number of aliphatic hydroxyl groups excluding tert-OH is 1. The molecule has 0 aliphatic carbocycles. The highest BCUT2D eigenvalue weighted by atomic mass is 16.5. The van der Waals surface area contributed by atoms with Crippen molar-refractivity contribution in [1.82, 2.24) is 5.32 Å². The highest BCUT2D eigenvalue weighted by Gasteiger charge is 2.31. The second kappa shape index (κ2) is 5.50. The van der Waals surface area contributed by atoms with Gasteiger partial charge in [0, 0.05) is 13.1 Å². The van der Waals surface area contributed by atoms with Crippen molar-refractivity contribution in [2.75, 3.05) is 25.0 Å².